The Morgan fingerprint density at radius 3 is 2.22 bits per heavy atom. The van der Waals surface area contributed by atoms with Gasteiger partial charge in [-0.2, -0.15) is 0 Å². The summed E-state index contributed by atoms with van der Waals surface area (Å²) in [6.45, 7) is 6.21. The first kappa shape index (κ1) is 19.1. The molecule has 142 valence electrons. The van der Waals surface area contributed by atoms with Crippen LogP contribution in [0.1, 0.15) is 43.1 Å². The van der Waals surface area contributed by atoms with E-state index in [0.717, 1.165) is 15.6 Å². The predicted octanol–water partition coefficient (Wildman–Crippen LogP) is 3.30. The number of hydrogen-bond donors (Lipinski definition) is 1. The zero-order valence-electron chi connectivity index (χ0n) is 15.5. The number of nitrogens with one attached hydrogen (secondary N) is 1. The molecule has 0 atom stereocenters. The molecule has 0 bridgehead atoms. The quantitative estimate of drug-likeness (QED) is 0.877. The van der Waals surface area contributed by atoms with Crippen molar-refractivity contribution in [2.75, 3.05) is 15.4 Å². The number of hydrogen-bond acceptors (Lipinski definition) is 4. The molecule has 1 heterocycles. The normalized spacial score (nSPS) is 16.4. The van der Waals surface area contributed by atoms with Crippen LogP contribution in [0, 0.1) is 0 Å². The fourth-order valence-corrected chi connectivity index (χ4v) is 4.52. The maximum atomic E-state index is 12.6. The van der Waals surface area contributed by atoms with E-state index >= 15 is 0 Å². The molecule has 0 saturated carbocycles. The summed E-state index contributed by atoms with van der Waals surface area (Å²) in [6.07, 6.45) is -0.0197. The number of para-hydroxylation sites is 1. The summed E-state index contributed by atoms with van der Waals surface area (Å²) >= 11 is 0. The average molecular weight is 386 g/mol. The molecule has 1 aliphatic heterocycles. The number of anilines is 2. The standard InChI is InChI=1S/C20H22N2O4S/c1-20(2,3)16-6-4-5-7-17(16)21-19(24)14-8-10-15(11-9-14)22-18(23)12-13-27(22,25)26/h4-11H,12-13H2,1-3H3,(H,21,24). The summed E-state index contributed by atoms with van der Waals surface area (Å²) in [5.41, 5.74) is 2.26. The second-order valence-electron chi connectivity index (χ2n) is 7.52. The molecule has 3 rings (SSSR count). The van der Waals surface area contributed by atoms with Crippen molar-refractivity contribution in [2.45, 2.75) is 32.6 Å². The number of nitrogens with zero attached hydrogens (tertiary/aromatic N) is 1. The molecule has 0 aromatic heterocycles. The van der Waals surface area contributed by atoms with Crippen LogP contribution in [0.15, 0.2) is 48.5 Å². The van der Waals surface area contributed by atoms with Crippen LogP contribution in [0.5, 0.6) is 0 Å². The molecule has 1 aliphatic rings. The summed E-state index contributed by atoms with van der Waals surface area (Å²) in [4.78, 5) is 24.5. The van der Waals surface area contributed by atoms with Crippen LogP contribution in [0.4, 0.5) is 11.4 Å². The first-order valence-electron chi connectivity index (χ1n) is 8.66. The highest BCUT2D eigenvalue weighted by Crippen LogP contribution is 2.30. The largest absolute Gasteiger partial charge is 0.322 e. The van der Waals surface area contributed by atoms with E-state index in [1.165, 1.54) is 24.3 Å². The third kappa shape index (κ3) is 3.88. The van der Waals surface area contributed by atoms with Crippen LogP contribution >= 0.6 is 0 Å². The van der Waals surface area contributed by atoms with E-state index in [0.29, 0.717) is 5.56 Å². The molecule has 0 radical (unpaired) electrons. The van der Waals surface area contributed by atoms with Crippen LogP contribution in [0.2, 0.25) is 0 Å². The molecular weight excluding hydrogens is 364 g/mol. The Bertz CT molecular complexity index is 989. The average Bonchev–Trinajstić information content (AvgIpc) is 2.87. The molecular formula is C20H22N2O4S. The molecule has 7 heteroatoms. The van der Waals surface area contributed by atoms with Crippen LogP contribution in [0.3, 0.4) is 0 Å². The molecule has 27 heavy (non-hydrogen) atoms. The van der Waals surface area contributed by atoms with Crippen molar-refractivity contribution < 1.29 is 18.0 Å². The molecule has 0 spiro atoms. The number of sulfonamides is 1. The summed E-state index contributed by atoms with van der Waals surface area (Å²) < 4.78 is 24.8. The van der Waals surface area contributed by atoms with Gasteiger partial charge >= 0.3 is 0 Å². The zero-order valence-corrected chi connectivity index (χ0v) is 16.3. The fraction of sp³-hybridized carbons (Fsp3) is 0.300. The first-order valence-corrected chi connectivity index (χ1v) is 10.3. The minimum Gasteiger partial charge on any atom is -0.322 e. The molecule has 1 saturated heterocycles. The highest BCUT2D eigenvalue weighted by Gasteiger charge is 2.36. The van der Waals surface area contributed by atoms with E-state index < -0.39 is 15.9 Å². The van der Waals surface area contributed by atoms with E-state index in [1.54, 1.807) is 0 Å². The lowest BCUT2D eigenvalue weighted by atomic mass is 9.86. The van der Waals surface area contributed by atoms with Gasteiger partial charge < -0.3 is 5.32 Å². The van der Waals surface area contributed by atoms with Gasteiger partial charge in [0, 0.05) is 17.7 Å². The van der Waals surface area contributed by atoms with Crippen molar-refractivity contribution in [3.8, 4) is 0 Å². The van der Waals surface area contributed by atoms with Crippen LogP contribution < -0.4 is 9.62 Å². The van der Waals surface area contributed by atoms with Gasteiger partial charge in [-0.15, -0.1) is 0 Å². The minimum atomic E-state index is -3.61. The van der Waals surface area contributed by atoms with Gasteiger partial charge in [0.05, 0.1) is 11.4 Å². The molecule has 2 aromatic carbocycles. The topological polar surface area (TPSA) is 83.6 Å². The third-order valence-electron chi connectivity index (χ3n) is 4.43. The number of carbonyl (C=O) groups excluding carboxylic acids is 2. The van der Waals surface area contributed by atoms with Crippen molar-refractivity contribution in [3.63, 3.8) is 0 Å². The lowest BCUT2D eigenvalue weighted by Crippen LogP contribution is -2.29. The number of rotatable bonds is 3. The predicted molar refractivity (Wildman–Crippen MR) is 105 cm³/mol. The monoisotopic (exact) mass is 386 g/mol. The van der Waals surface area contributed by atoms with Gasteiger partial charge in [0.25, 0.3) is 5.91 Å². The fourth-order valence-electron chi connectivity index (χ4n) is 3.06. The van der Waals surface area contributed by atoms with Gasteiger partial charge in [0.15, 0.2) is 0 Å². The summed E-state index contributed by atoms with van der Waals surface area (Å²) in [5.74, 6) is -0.933. The van der Waals surface area contributed by atoms with E-state index in [9.17, 15) is 18.0 Å². The van der Waals surface area contributed by atoms with Gasteiger partial charge in [-0.3, -0.25) is 9.59 Å². The highest BCUT2D eigenvalue weighted by molar-refractivity contribution is 7.94. The molecule has 1 N–H and O–H groups in total. The van der Waals surface area contributed by atoms with Gasteiger partial charge in [-0.25, -0.2) is 12.7 Å². The highest BCUT2D eigenvalue weighted by atomic mass is 32.2. The summed E-state index contributed by atoms with van der Waals surface area (Å²) in [6, 6.07) is 13.6. The number of benzene rings is 2. The van der Waals surface area contributed by atoms with Gasteiger partial charge in [0.1, 0.15) is 0 Å². The van der Waals surface area contributed by atoms with E-state index in [2.05, 4.69) is 26.1 Å². The molecule has 0 unspecified atom stereocenters. The first-order chi connectivity index (χ1) is 12.6. The molecule has 1 fully saturated rings. The van der Waals surface area contributed by atoms with Crippen LogP contribution in [-0.2, 0) is 20.2 Å². The van der Waals surface area contributed by atoms with Crippen molar-refractivity contribution in [3.05, 3.63) is 59.7 Å². The van der Waals surface area contributed by atoms with Crippen molar-refractivity contribution >= 4 is 33.2 Å². The molecule has 0 aliphatic carbocycles. The molecule has 6 nitrogen and oxygen atoms in total. The lowest BCUT2D eigenvalue weighted by molar-refractivity contribution is -0.116. The Kier molecular flexibility index (Phi) is 4.82. The Hall–Kier alpha value is -2.67. The maximum absolute atomic E-state index is 12.6. The van der Waals surface area contributed by atoms with Crippen LogP contribution in [-0.4, -0.2) is 26.0 Å². The molecule has 2 amide bonds. The van der Waals surface area contributed by atoms with Crippen LogP contribution in [0.25, 0.3) is 0 Å². The summed E-state index contributed by atoms with van der Waals surface area (Å²) in [7, 11) is -3.61. The van der Waals surface area contributed by atoms with Gasteiger partial charge in [-0.05, 0) is 41.3 Å². The van der Waals surface area contributed by atoms with E-state index in [1.807, 2.05) is 24.3 Å². The SMILES string of the molecule is CC(C)(C)c1ccccc1NC(=O)c1ccc(N2C(=O)CCS2(=O)=O)cc1. The smallest absolute Gasteiger partial charge is 0.255 e. The zero-order chi connectivity index (χ0) is 19.8. The Labute approximate surface area is 159 Å². The summed E-state index contributed by atoms with van der Waals surface area (Å²) in [5, 5.41) is 2.91. The van der Waals surface area contributed by atoms with Crippen molar-refractivity contribution in [1.29, 1.82) is 0 Å². The molecule has 2 aromatic rings. The Balaban J connectivity index is 1.83. The van der Waals surface area contributed by atoms with Gasteiger partial charge in [-0.1, -0.05) is 39.0 Å². The van der Waals surface area contributed by atoms with Gasteiger partial charge in [0.2, 0.25) is 15.9 Å². The Morgan fingerprint density at radius 2 is 1.67 bits per heavy atom. The van der Waals surface area contributed by atoms with Crippen molar-refractivity contribution in [2.24, 2.45) is 0 Å². The lowest BCUT2D eigenvalue weighted by Gasteiger charge is -2.23. The van der Waals surface area contributed by atoms with Crippen molar-refractivity contribution in [1.82, 2.24) is 0 Å². The maximum Gasteiger partial charge on any atom is 0.255 e. The number of carbonyl (C=O) groups is 2. The third-order valence-corrected chi connectivity index (χ3v) is 6.12. The second kappa shape index (κ2) is 6.81. The Morgan fingerprint density at radius 1 is 1.04 bits per heavy atom. The minimum absolute atomic E-state index is 0.0197. The second-order valence-corrected chi connectivity index (χ2v) is 9.46. The van der Waals surface area contributed by atoms with E-state index in [-0.39, 0.29) is 29.2 Å². The number of amides is 2. The van der Waals surface area contributed by atoms with E-state index in [4.69, 9.17) is 0 Å².